The molecule has 5 heteroatoms. The second-order valence-electron chi connectivity index (χ2n) is 7.76. The molecule has 1 spiro atoms. The third kappa shape index (κ3) is 1.83. The second kappa shape index (κ2) is 4.74. The molecule has 1 saturated carbocycles. The monoisotopic (exact) mass is 307 g/mol. The summed E-state index contributed by atoms with van der Waals surface area (Å²) in [4.78, 5) is 24.2. The van der Waals surface area contributed by atoms with Crippen molar-refractivity contribution in [1.29, 1.82) is 0 Å². The van der Waals surface area contributed by atoms with Crippen LogP contribution < -0.4 is 5.32 Å². The Morgan fingerprint density at radius 3 is 2.68 bits per heavy atom. The maximum Gasteiger partial charge on any atom is 0.408 e. The van der Waals surface area contributed by atoms with E-state index in [1.54, 1.807) is 0 Å². The molecule has 2 fully saturated rings. The lowest BCUT2D eigenvalue weighted by molar-refractivity contribution is -0.140. The van der Waals surface area contributed by atoms with Crippen LogP contribution in [0.2, 0.25) is 0 Å². The molecule has 0 aromatic heterocycles. The molecule has 3 atom stereocenters. The number of esters is 1. The van der Waals surface area contributed by atoms with Crippen LogP contribution in [0.4, 0.5) is 4.79 Å². The molecule has 5 nitrogen and oxygen atoms in total. The number of carbonyl (C=O) groups is 2. The van der Waals surface area contributed by atoms with Crippen LogP contribution in [0.5, 0.6) is 0 Å². The average molecular weight is 307 g/mol. The molecule has 2 aliphatic carbocycles. The minimum absolute atomic E-state index is 0.172. The number of amides is 1. The molecule has 1 unspecified atom stereocenters. The second-order valence-corrected chi connectivity index (χ2v) is 7.76. The highest BCUT2D eigenvalue weighted by Gasteiger charge is 2.65. The first-order chi connectivity index (χ1) is 10.3. The zero-order valence-electron chi connectivity index (χ0n) is 13.8. The average Bonchev–Trinajstić information content (AvgIpc) is 2.83. The van der Waals surface area contributed by atoms with E-state index in [1.807, 2.05) is 6.08 Å². The summed E-state index contributed by atoms with van der Waals surface area (Å²) in [6.07, 6.45) is 5.58. The highest BCUT2D eigenvalue weighted by molar-refractivity contribution is 5.93. The van der Waals surface area contributed by atoms with Crippen molar-refractivity contribution in [3.63, 3.8) is 0 Å². The quantitative estimate of drug-likeness (QED) is 0.757. The van der Waals surface area contributed by atoms with Crippen molar-refractivity contribution in [3.05, 3.63) is 11.6 Å². The van der Waals surface area contributed by atoms with Gasteiger partial charge in [0.15, 0.2) is 0 Å². The van der Waals surface area contributed by atoms with E-state index in [4.69, 9.17) is 9.47 Å². The first kappa shape index (κ1) is 15.4. The summed E-state index contributed by atoms with van der Waals surface area (Å²) in [7, 11) is 1.38. The summed E-state index contributed by atoms with van der Waals surface area (Å²) < 4.78 is 10.2. The standard InChI is InChI=1S/C17H25NO4/c1-15(2)8-5-9-16(3)12(15)7-6-11(13(19)21-4)17(16)10-22-14(20)18-17/h6,12H,5,7-10H2,1-4H3,(H,18,20)/t12?,16-,17+/m0/s1. The smallest absolute Gasteiger partial charge is 0.408 e. The summed E-state index contributed by atoms with van der Waals surface area (Å²) in [6, 6.07) is 0. The highest BCUT2D eigenvalue weighted by atomic mass is 16.6. The number of alkyl carbamates (subject to hydrolysis) is 1. The number of allylic oxidation sites excluding steroid dienone is 1. The lowest BCUT2D eigenvalue weighted by atomic mass is 9.46. The largest absolute Gasteiger partial charge is 0.466 e. The van der Waals surface area contributed by atoms with E-state index in [2.05, 4.69) is 26.1 Å². The molecule has 1 amide bonds. The zero-order chi connectivity index (χ0) is 16.2. The van der Waals surface area contributed by atoms with E-state index in [-0.39, 0.29) is 23.4 Å². The number of rotatable bonds is 1. The topological polar surface area (TPSA) is 64.6 Å². The van der Waals surface area contributed by atoms with Crippen LogP contribution in [-0.4, -0.2) is 31.3 Å². The Morgan fingerprint density at radius 1 is 1.36 bits per heavy atom. The lowest BCUT2D eigenvalue weighted by Crippen LogP contribution is -2.66. The molecule has 3 aliphatic rings. The highest BCUT2D eigenvalue weighted by Crippen LogP contribution is 2.61. The third-order valence-corrected chi connectivity index (χ3v) is 6.36. The maximum absolute atomic E-state index is 12.3. The Balaban J connectivity index is 2.15. The van der Waals surface area contributed by atoms with Gasteiger partial charge in [0.25, 0.3) is 0 Å². The molecule has 22 heavy (non-hydrogen) atoms. The van der Waals surface area contributed by atoms with Crippen LogP contribution in [0.15, 0.2) is 11.6 Å². The van der Waals surface area contributed by atoms with E-state index in [0.29, 0.717) is 11.5 Å². The Kier molecular flexibility index (Phi) is 3.31. The fourth-order valence-corrected chi connectivity index (χ4v) is 5.17. The lowest BCUT2D eigenvalue weighted by Gasteiger charge is -2.59. The predicted molar refractivity (Wildman–Crippen MR) is 81.2 cm³/mol. The Hall–Kier alpha value is -1.52. The van der Waals surface area contributed by atoms with Crippen molar-refractivity contribution in [2.75, 3.05) is 13.7 Å². The van der Waals surface area contributed by atoms with E-state index in [0.717, 1.165) is 19.3 Å². The minimum Gasteiger partial charge on any atom is -0.466 e. The van der Waals surface area contributed by atoms with Gasteiger partial charge in [0.2, 0.25) is 0 Å². The zero-order valence-corrected chi connectivity index (χ0v) is 13.8. The van der Waals surface area contributed by atoms with Gasteiger partial charge in [-0.25, -0.2) is 9.59 Å². The molecule has 1 N–H and O–H groups in total. The van der Waals surface area contributed by atoms with Crippen molar-refractivity contribution < 1.29 is 19.1 Å². The Bertz CT molecular complexity index is 553. The first-order valence-electron chi connectivity index (χ1n) is 8.01. The third-order valence-electron chi connectivity index (χ3n) is 6.36. The number of ether oxygens (including phenoxy) is 2. The summed E-state index contributed by atoms with van der Waals surface area (Å²) >= 11 is 0. The summed E-state index contributed by atoms with van der Waals surface area (Å²) in [6.45, 7) is 6.98. The molecule has 1 saturated heterocycles. The van der Waals surface area contributed by atoms with Crippen molar-refractivity contribution in [1.82, 2.24) is 5.32 Å². The molecular formula is C17H25NO4. The van der Waals surface area contributed by atoms with Gasteiger partial charge in [-0.2, -0.15) is 0 Å². The van der Waals surface area contributed by atoms with Gasteiger partial charge in [-0.05, 0) is 30.6 Å². The van der Waals surface area contributed by atoms with Crippen LogP contribution in [0.1, 0.15) is 46.5 Å². The van der Waals surface area contributed by atoms with Crippen molar-refractivity contribution in [2.45, 2.75) is 52.0 Å². The summed E-state index contributed by atoms with van der Waals surface area (Å²) in [5.74, 6) is 0.0259. The SMILES string of the molecule is COC(=O)C1=CCC2C(C)(C)CCC[C@]2(C)[C@@]12COC(=O)N2. The van der Waals surface area contributed by atoms with E-state index >= 15 is 0 Å². The molecule has 1 aliphatic heterocycles. The van der Waals surface area contributed by atoms with Gasteiger partial charge in [0, 0.05) is 5.41 Å². The van der Waals surface area contributed by atoms with E-state index in [1.165, 1.54) is 13.5 Å². The fourth-order valence-electron chi connectivity index (χ4n) is 5.17. The maximum atomic E-state index is 12.3. The summed E-state index contributed by atoms with van der Waals surface area (Å²) in [5, 5.41) is 2.98. The number of carbonyl (C=O) groups excluding carboxylic acids is 2. The van der Waals surface area contributed by atoms with Crippen molar-refractivity contribution in [3.8, 4) is 0 Å². The van der Waals surface area contributed by atoms with Gasteiger partial charge in [-0.1, -0.05) is 33.3 Å². The van der Waals surface area contributed by atoms with E-state index in [9.17, 15) is 9.59 Å². The first-order valence-corrected chi connectivity index (χ1v) is 8.01. The minimum atomic E-state index is -0.766. The van der Waals surface area contributed by atoms with Crippen LogP contribution in [-0.2, 0) is 14.3 Å². The normalized spacial score (nSPS) is 39.5. The molecule has 0 aromatic rings. The van der Waals surface area contributed by atoms with E-state index < -0.39 is 11.6 Å². The van der Waals surface area contributed by atoms with Crippen molar-refractivity contribution >= 4 is 12.1 Å². The van der Waals surface area contributed by atoms with Gasteiger partial charge in [-0.3, -0.25) is 0 Å². The number of hydrogen-bond acceptors (Lipinski definition) is 4. The number of fused-ring (bicyclic) bond motifs is 2. The fraction of sp³-hybridized carbons (Fsp3) is 0.765. The van der Waals surface area contributed by atoms with Crippen LogP contribution in [0.25, 0.3) is 0 Å². The van der Waals surface area contributed by atoms with Crippen molar-refractivity contribution in [2.24, 2.45) is 16.7 Å². The number of methoxy groups -OCH3 is 1. The van der Waals surface area contributed by atoms with Crippen LogP contribution in [0, 0.1) is 16.7 Å². The molecular weight excluding hydrogens is 282 g/mol. The Labute approximate surface area is 131 Å². The molecule has 3 rings (SSSR count). The molecule has 0 radical (unpaired) electrons. The number of nitrogens with one attached hydrogen (secondary N) is 1. The summed E-state index contributed by atoms with van der Waals surface area (Å²) in [5.41, 5.74) is -0.250. The van der Waals surface area contributed by atoms with Gasteiger partial charge in [-0.15, -0.1) is 0 Å². The molecule has 0 bridgehead atoms. The molecule has 122 valence electrons. The van der Waals surface area contributed by atoms with Gasteiger partial charge < -0.3 is 14.8 Å². The Morgan fingerprint density at radius 2 is 2.09 bits per heavy atom. The molecule has 1 heterocycles. The molecule has 0 aromatic carbocycles. The van der Waals surface area contributed by atoms with Gasteiger partial charge >= 0.3 is 12.1 Å². The predicted octanol–water partition coefficient (Wildman–Crippen LogP) is 2.80. The number of hydrogen-bond donors (Lipinski definition) is 1. The van der Waals surface area contributed by atoms with Gasteiger partial charge in [0.1, 0.15) is 12.1 Å². The van der Waals surface area contributed by atoms with Crippen LogP contribution >= 0.6 is 0 Å². The van der Waals surface area contributed by atoms with Crippen LogP contribution in [0.3, 0.4) is 0 Å². The number of cyclic esters (lactones) is 1. The van der Waals surface area contributed by atoms with Gasteiger partial charge in [0.05, 0.1) is 12.7 Å².